The number of aromatic nitrogens is 2. The van der Waals surface area contributed by atoms with Gasteiger partial charge in [-0.1, -0.05) is 0 Å². The zero-order chi connectivity index (χ0) is 17.7. The van der Waals surface area contributed by atoms with E-state index in [-0.39, 0.29) is 17.4 Å². The Kier molecular flexibility index (Phi) is 6.27. The van der Waals surface area contributed by atoms with E-state index < -0.39 is 5.60 Å². The molecule has 6 nitrogen and oxygen atoms in total. The van der Waals surface area contributed by atoms with Crippen LogP contribution in [0.1, 0.15) is 52.1 Å². The SMILES string of the molecule is Cc1cc(OCC[C@H]2CCCCN2C(=O)OC(C)(C)C)nc(Cl)n1. The smallest absolute Gasteiger partial charge is 0.410 e. The number of likely N-dealkylation sites (tertiary alicyclic amines) is 1. The Hall–Kier alpha value is -1.56. The molecular weight excluding hydrogens is 330 g/mol. The fraction of sp³-hybridized carbons (Fsp3) is 0.706. The second-order valence-electron chi connectivity index (χ2n) is 7.08. The molecule has 24 heavy (non-hydrogen) atoms. The van der Waals surface area contributed by atoms with Gasteiger partial charge in [0.05, 0.1) is 6.61 Å². The lowest BCUT2D eigenvalue weighted by Crippen LogP contribution is -2.46. The summed E-state index contributed by atoms with van der Waals surface area (Å²) in [5.74, 6) is 0.465. The van der Waals surface area contributed by atoms with Crippen LogP contribution < -0.4 is 4.74 Å². The third kappa shape index (κ3) is 5.82. The quantitative estimate of drug-likeness (QED) is 0.764. The highest BCUT2D eigenvalue weighted by Crippen LogP contribution is 2.23. The first-order chi connectivity index (χ1) is 11.2. The molecule has 134 valence electrons. The van der Waals surface area contributed by atoms with Gasteiger partial charge in [0.15, 0.2) is 0 Å². The van der Waals surface area contributed by atoms with Crippen LogP contribution in [0.5, 0.6) is 5.88 Å². The van der Waals surface area contributed by atoms with Crippen LogP contribution in [0.2, 0.25) is 5.28 Å². The number of piperidine rings is 1. The number of nitrogens with zero attached hydrogens (tertiary/aromatic N) is 3. The Morgan fingerprint density at radius 2 is 2.12 bits per heavy atom. The van der Waals surface area contributed by atoms with Crippen LogP contribution in [0.15, 0.2) is 6.07 Å². The Bertz CT molecular complexity index is 554. The molecule has 2 rings (SSSR count). The first-order valence-corrected chi connectivity index (χ1v) is 8.76. The Morgan fingerprint density at radius 1 is 1.38 bits per heavy atom. The minimum absolute atomic E-state index is 0.131. The van der Waals surface area contributed by atoms with E-state index in [1.807, 2.05) is 32.6 Å². The van der Waals surface area contributed by atoms with E-state index in [0.717, 1.165) is 37.9 Å². The summed E-state index contributed by atoms with van der Waals surface area (Å²) in [6.45, 7) is 8.69. The van der Waals surface area contributed by atoms with Crippen molar-refractivity contribution in [1.82, 2.24) is 14.9 Å². The van der Waals surface area contributed by atoms with Crippen molar-refractivity contribution in [3.63, 3.8) is 0 Å². The molecular formula is C17H26ClN3O3. The molecule has 1 fully saturated rings. The largest absolute Gasteiger partial charge is 0.477 e. The molecule has 1 saturated heterocycles. The number of aryl methyl sites for hydroxylation is 1. The topological polar surface area (TPSA) is 64.5 Å². The number of hydrogen-bond acceptors (Lipinski definition) is 5. The van der Waals surface area contributed by atoms with Gasteiger partial charge < -0.3 is 14.4 Å². The minimum Gasteiger partial charge on any atom is -0.477 e. The number of carbonyl (C=O) groups is 1. The summed E-state index contributed by atoms with van der Waals surface area (Å²) >= 11 is 5.83. The molecule has 0 saturated carbocycles. The standard InChI is InChI=1S/C17H26ClN3O3/c1-12-11-14(20-15(18)19-12)23-10-8-13-7-5-6-9-21(13)16(22)24-17(2,3)4/h11,13H,5-10H2,1-4H3/t13-/m1/s1. The molecule has 1 aromatic rings. The third-order valence-electron chi connectivity index (χ3n) is 3.76. The molecule has 0 aromatic carbocycles. The van der Waals surface area contributed by atoms with Crippen LogP contribution in [0, 0.1) is 6.92 Å². The van der Waals surface area contributed by atoms with Gasteiger partial charge in [-0.05, 0) is 58.6 Å². The van der Waals surface area contributed by atoms with Gasteiger partial charge in [0.25, 0.3) is 0 Å². The van der Waals surface area contributed by atoms with E-state index >= 15 is 0 Å². The van der Waals surface area contributed by atoms with Crippen LogP contribution in [0.25, 0.3) is 0 Å². The third-order valence-corrected chi connectivity index (χ3v) is 3.93. The fourth-order valence-electron chi connectivity index (χ4n) is 2.74. The van der Waals surface area contributed by atoms with Gasteiger partial charge in [-0.15, -0.1) is 0 Å². The van der Waals surface area contributed by atoms with E-state index in [0.29, 0.717) is 12.5 Å². The van der Waals surface area contributed by atoms with Gasteiger partial charge in [0, 0.05) is 30.8 Å². The van der Waals surface area contributed by atoms with E-state index in [4.69, 9.17) is 21.1 Å². The molecule has 0 bridgehead atoms. The molecule has 7 heteroatoms. The lowest BCUT2D eigenvalue weighted by atomic mass is 10.0. The molecule has 1 amide bonds. The summed E-state index contributed by atoms with van der Waals surface area (Å²) < 4.78 is 11.2. The van der Waals surface area contributed by atoms with Crippen molar-refractivity contribution in [2.75, 3.05) is 13.2 Å². The maximum Gasteiger partial charge on any atom is 0.410 e. The Balaban J connectivity index is 1.90. The van der Waals surface area contributed by atoms with Crippen LogP contribution in [0.4, 0.5) is 4.79 Å². The Labute approximate surface area is 148 Å². The average Bonchev–Trinajstić information content (AvgIpc) is 2.45. The minimum atomic E-state index is -0.481. The first kappa shape index (κ1) is 18.8. The van der Waals surface area contributed by atoms with Crippen LogP contribution >= 0.6 is 11.6 Å². The fourth-order valence-corrected chi connectivity index (χ4v) is 2.96. The summed E-state index contributed by atoms with van der Waals surface area (Å²) in [4.78, 5) is 22.3. The molecule has 1 aliphatic rings. The molecule has 0 aliphatic carbocycles. The molecule has 0 unspecified atom stereocenters. The molecule has 1 aliphatic heterocycles. The van der Waals surface area contributed by atoms with E-state index in [1.54, 1.807) is 6.07 Å². The second kappa shape index (κ2) is 8.01. The molecule has 0 radical (unpaired) electrons. The number of hydrogen-bond donors (Lipinski definition) is 0. The number of rotatable bonds is 4. The number of ether oxygens (including phenoxy) is 2. The lowest BCUT2D eigenvalue weighted by molar-refractivity contribution is 0.00738. The summed E-state index contributed by atoms with van der Waals surface area (Å²) in [6, 6.07) is 1.88. The van der Waals surface area contributed by atoms with Crippen LogP contribution in [-0.4, -0.2) is 45.8 Å². The van der Waals surface area contributed by atoms with Gasteiger partial charge in [0.2, 0.25) is 11.2 Å². The van der Waals surface area contributed by atoms with E-state index in [9.17, 15) is 4.79 Å². The maximum atomic E-state index is 12.4. The summed E-state index contributed by atoms with van der Waals surface area (Å²) in [5.41, 5.74) is 0.281. The van der Waals surface area contributed by atoms with Gasteiger partial charge in [-0.3, -0.25) is 0 Å². The zero-order valence-corrected chi connectivity index (χ0v) is 15.6. The summed E-state index contributed by atoms with van der Waals surface area (Å²) in [6.07, 6.45) is 3.58. The van der Waals surface area contributed by atoms with Crippen molar-refractivity contribution >= 4 is 17.7 Å². The second-order valence-corrected chi connectivity index (χ2v) is 7.42. The van der Waals surface area contributed by atoms with E-state index in [2.05, 4.69) is 9.97 Å². The molecule has 0 N–H and O–H groups in total. The zero-order valence-electron chi connectivity index (χ0n) is 14.8. The highest BCUT2D eigenvalue weighted by atomic mass is 35.5. The molecule has 1 aromatic heterocycles. The maximum absolute atomic E-state index is 12.4. The highest BCUT2D eigenvalue weighted by molar-refractivity contribution is 6.28. The number of halogens is 1. The lowest BCUT2D eigenvalue weighted by Gasteiger charge is -2.36. The highest BCUT2D eigenvalue weighted by Gasteiger charge is 2.30. The van der Waals surface area contributed by atoms with Gasteiger partial charge >= 0.3 is 6.09 Å². The predicted molar refractivity (Wildman–Crippen MR) is 92.5 cm³/mol. The van der Waals surface area contributed by atoms with E-state index in [1.165, 1.54) is 0 Å². The predicted octanol–water partition coefficient (Wildman–Crippen LogP) is 4.00. The van der Waals surface area contributed by atoms with Gasteiger partial charge in [-0.2, -0.15) is 4.98 Å². The summed E-state index contributed by atoms with van der Waals surface area (Å²) in [5, 5.41) is 0.179. The van der Waals surface area contributed by atoms with Gasteiger partial charge in [0.1, 0.15) is 5.60 Å². The first-order valence-electron chi connectivity index (χ1n) is 8.38. The molecule has 1 atom stereocenters. The number of amides is 1. The normalized spacial score (nSPS) is 18.4. The molecule has 2 heterocycles. The number of carbonyl (C=O) groups excluding carboxylic acids is 1. The summed E-state index contributed by atoms with van der Waals surface area (Å²) in [7, 11) is 0. The van der Waals surface area contributed by atoms with Crippen molar-refractivity contribution in [2.45, 2.75) is 65.0 Å². The van der Waals surface area contributed by atoms with Crippen molar-refractivity contribution in [1.29, 1.82) is 0 Å². The van der Waals surface area contributed by atoms with Crippen molar-refractivity contribution in [3.05, 3.63) is 17.0 Å². The monoisotopic (exact) mass is 355 g/mol. The average molecular weight is 356 g/mol. The van der Waals surface area contributed by atoms with Crippen molar-refractivity contribution in [3.8, 4) is 5.88 Å². The van der Waals surface area contributed by atoms with Gasteiger partial charge in [-0.25, -0.2) is 9.78 Å². The van der Waals surface area contributed by atoms with Crippen molar-refractivity contribution < 1.29 is 14.3 Å². The molecule has 0 spiro atoms. The van der Waals surface area contributed by atoms with Crippen LogP contribution in [-0.2, 0) is 4.74 Å². The van der Waals surface area contributed by atoms with Crippen LogP contribution in [0.3, 0.4) is 0 Å². The Morgan fingerprint density at radius 3 is 2.79 bits per heavy atom. The van der Waals surface area contributed by atoms with Crippen molar-refractivity contribution in [2.24, 2.45) is 0 Å².